The number of carbonyl (C=O) groups excluding carboxylic acids is 2. The SMILES string of the molecule is NC1C(=O)N2C(C(=O)O)=C(CSC(=O)c3ccccn3)CS[C@H]12. The number of nitrogens with two attached hydrogens (primary N) is 1. The largest absolute Gasteiger partial charge is 0.477 e. The second-order valence-electron chi connectivity index (χ2n) is 4.98. The summed E-state index contributed by atoms with van der Waals surface area (Å²) in [5.74, 6) is -0.920. The number of fused-ring (bicyclic) bond motifs is 1. The van der Waals surface area contributed by atoms with E-state index in [1.807, 2.05) is 0 Å². The molecular formula is C14H13N3O4S2. The predicted molar refractivity (Wildman–Crippen MR) is 86.8 cm³/mol. The minimum absolute atomic E-state index is 0.0400. The Morgan fingerprint density at radius 1 is 1.48 bits per heavy atom. The minimum atomic E-state index is -1.17. The molecule has 120 valence electrons. The number of carboxylic acid groups (broad SMARTS) is 1. The number of β-lactam (4-membered cyclic amide) rings is 1. The number of carbonyl (C=O) groups is 3. The Bertz CT molecular complexity index is 707. The van der Waals surface area contributed by atoms with Gasteiger partial charge in [-0.05, 0) is 17.7 Å². The van der Waals surface area contributed by atoms with Crippen molar-refractivity contribution >= 4 is 40.5 Å². The van der Waals surface area contributed by atoms with E-state index in [1.54, 1.807) is 18.2 Å². The van der Waals surface area contributed by atoms with Gasteiger partial charge in [-0.3, -0.25) is 19.5 Å². The molecule has 9 heteroatoms. The summed E-state index contributed by atoms with van der Waals surface area (Å²) in [6.45, 7) is 0. The Hall–Kier alpha value is -1.84. The van der Waals surface area contributed by atoms with Crippen LogP contribution in [0.4, 0.5) is 0 Å². The monoisotopic (exact) mass is 351 g/mol. The molecule has 3 N–H and O–H groups in total. The molecule has 0 aromatic carbocycles. The molecular weight excluding hydrogens is 338 g/mol. The Kier molecular flexibility index (Phi) is 4.42. The highest BCUT2D eigenvalue weighted by Crippen LogP contribution is 2.40. The summed E-state index contributed by atoms with van der Waals surface area (Å²) < 4.78 is 0. The van der Waals surface area contributed by atoms with Crippen LogP contribution in [0.5, 0.6) is 0 Å². The minimum Gasteiger partial charge on any atom is -0.477 e. The first kappa shape index (κ1) is 16.0. The zero-order valence-corrected chi connectivity index (χ0v) is 13.5. The van der Waals surface area contributed by atoms with Crippen molar-refractivity contribution in [1.29, 1.82) is 0 Å². The Morgan fingerprint density at radius 3 is 2.91 bits per heavy atom. The first-order valence-corrected chi connectivity index (χ1v) is 8.78. The maximum Gasteiger partial charge on any atom is 0.352 e. The fourth-order valence-corrected chi connectivity index (χ4v) is 4.64. The van der Waals surface area contributed by atoms with Crippen LogP contribution in [0.3, 0.4) is 0 Å². The van der Waals surface area contributed by atoms with Crippen LogP contribution < -0.4 is 5.73 Å². The lowest BCUT2D eigenvalue weighted by atomic mass is 10.0. The van der Waals surface area contributed by atoms with E-state index in [2.05, 4.69) is 4.98 Å². The van der Waals surface area contributed by atoms with Crippen LogP contribution in [0.25, 0.3) is 0 Å². The molecule has 2 atom stereocenters. The molecule has 0 aliphatic carbocycles. The number of carboxylic acids is 1. The van der Waals surface area contributed by atoms with Crippen molar-refractivity contribution in [3.63, 3.8) is 0 Å². The highest BCUT2D eigenvalue weighted by atomic mass is 32.2. The number of pyridine rings is 1. The third-order valence-electron chi connectivity index (χ3n) is 3.54. The van der Waals surface area contributed by atoms with Gasteiger partial charge in [-0.15, -0.1) is 11.8 Å². The van der Waals surface area contributed by atoms with Crippen molar-refractivity contribution in [3.05, 3.63) is 41.4 Å². The first-order chi connectivity index (χ1) is 11.0. The van der Waals surface area contributed by atoms with Gasteiger partial charge >= 0.3 is 5.97 Å². The van der Waals surface area contributed by atoms with E-state index < -0.39 is 17.9 Å². The van der Waals surface area contributed by atoms with Crippen molar-refractivity contribution < 1.29 is 19.5 Å². The van der Waals surface area contributed by atoms with Crippen LogP contribution in [0.2, 0.25) is 0 Å². The highest BCUT2D eigenvalue weighted by Gasteiger charge is 2.51. The number of hydrogen-bond acceptors (Lipinski definition) is 7. The quantitative estimate of drug-likeness (QED) is 0.756. The Labute approximate surface area is 140 Å². The summed E-state index contributed by atoms with van der Waals surface area (Å²) in [6.07, 6.45) is 1.52. The third kappa shape index (κ3) is 2.87. The zero-order valence-electron chi connectivity index (χ0n) is 11.8. The van der Waals surface area contributed by atoms with Crippen molar-refractivity contribution in [2.24, 2.45) is 5.73 Å². The van der Waals surface area contributed by atoms with Gasteiger partial charge in [0.05, 0.1) is 0 Å². The first-order valence-electron chi connectivity index (χ1n) is 6.74. The molecule has 3 rings (SSSR count). The number of aromatic nitrogens is 1. The number of aliphatic carboxylic acids is 1. The molecule has 2 aliphatic rings. The Morgan fingerprint density at radius 2 is 2.26 bits per heavy atom. The van der Waals surface area contributed by atoms with Crippen LogP contribution >= 0.6 is 23.5 Å². The summed E-state index contributed by atoms with van der Waals surface area (Å²) in [6, 6.07) is 4.37. The van der Waals surface area contributed by atoms with Gasteiger partial charge in [0.2, 0.25) is 11.0 Å². The fraction of sp³-hybridized carbons (Fsp3) is 0.286. The fourth-order valence-electron chi connectivity index (χ4n) is 2.40. The van der Waals surface area contributed by atoms with Crippen molar-refractivity contribution in [2.45, 2.75) is 11.4 Å². The molecule has 3 heterocycles. The van der Waals surface area contributed by atoms with Crippen LogP contribution in [0.1, 0.15) is 10.5 Å². The zero-order chi connectivity index (χ0) is 16.6. The molecule has 1 aromatic heterocycles. The van der Waals surface area contributed by atoms with Gasteiger partial charge in [-0.1, -0.05) is 17.8 Å². The molecule has 2 aliphatic heterocycles. The molecule has 0 radical (unpaired) electrons. The second-order valence-corrected chi connectivity index (χ2v) is 7.04. The van der Waals surface area contributed by atoms with E-state index >= 15 is 0 Å². The lowest BCUT2D eigenvalue weighted by Crippen LogP contribution is -2.68. The molecule has 0 bridgehead atoms. The third-order valence-corrected chi connectivity index (χ3v) is 5.87. The molecule has 1 unspecified atom stereocenters. The molecule has 0 spiro atoms. The lowest BCUT2D eigenvalue weighted by Gasteiger charge is -2.48. The Balaban J connectivity index is 1.76. The summed E-state index contributed by atoms with van der Waals surface area (Å²) in [5.41, 5.74) is 6.51. The van der Waals surface area contributed by atoms with Gasteiger partial charge in [-0.2, -0.15) is 0 Å². The number of hydrogen-bond donors (Lipinski definition) is 2. The topological polar surface area (TPSA) is 114 Å². The number of amides is 1. The van der Waals surface area contributed by atoms with Gasteiger partial charge in [-0.25, -0.2) is 4.79 Å². The van der Waals surface area contributed by atoms with Gasteiger partial charge < -0.3 is 10.8 Å². The van der Waals surface area contributed by atoms with Crippen molar-refractivity contribution in [1.82, 2.24) is 9.88 Å². The van der Waals surface area contributed by atoms with Gasteiger partial charge in [0.25, 0.3) is 0 Å². The lowest BCUT2D eigenvalue weighted by molar-refractivity contribution is -0.147. The van der Waals surface area contributed by atoms with E-state index in [9.17, 15) is 19.5 Å². The molecule has 0 saturated carbocycles. The van der Waals surface area contributed by atoms with Gasteiger partial charge in [0, 0.05) is 17.7 Å². The second kappa shape index (κ2) is 6.34. The smallest absolute Gasteiger partial charge is 0.352 e. The number of nitrogens with zero attached hydrogens (tertiary/aromatic N) is 2. The van der Waals surface area contributed by atoms with Crippen LogP contribution in [0, 0.1) is 0 Å². The standard InChI is InChI=1S/C14H13N3O4S2/c15-9-11(18)17-10(13(19)20)7(5-22-12(9)17)6-23-14(21)8-3-1-2-4-16-8/h1-4,9,12H,5-6,15H2,(H,19,20)/t9?,12-/m1/s1. The van der Waals surface area contributed by atoms with Crippen molar-refractivity contribution in [3.8, 4) is 0 Å². The summed E-state index contributed by atoms with van der Waals surface area (Å²) >= 11 is 2.40. The maximum atomic E-state index is 12.1. The van der Waals surface area contributed by atoms with Gasteiger partial charge in [0.1, 0.15) is 22.8 Å². The van der Waals surface area contributed by atoms with Crippen molar-refractivity contribution in [2.75, 3.05) is 11.5 Å². The molecule has 23 heavy (non-hydrogen) atoms. The summed E-state index contributed by atoms with van der Waals surface area (Å²) in [4.78, 5) is 40.6. The molecule has 7 nitrogen and oxygen atoms in total. The van der Waals surface area contributed by atoms with Crippen LogP contribution in [-0.4, -0.2) is 54.9 Å². The van der Waals surface area contributed by atoms with Crippen LogP contribution in [-0.2, 0) is 9.59 Å². The molecule has 1 amide bonds. The number of rotatable bonds is 4. The summed E-state index contributed by atoms with van der Waals surface area (Å²) in [5, 5.41) is 8.85. The predicted octanol–water partition coefficient (Wildman–Crippen LogP) is 0.536. The highest BCUT2D eigenvalue weighted by molar-refractivity contribution is 8.14. The van der Waals surface area contributed by atoms with E-state index in [1.165, 1.54) is 22.9 Å². The van der Waals surface area contributed by atoms with E-state index in [0.717, 1.165) is 11.8 Å². The molecule has 1 fully saturated rings. The normalized spacial score (nSPS) is 23.3. The van der Waals surface area contributed by atoms with Gasteiger partial charge in [0.15, 0.2) is 0 Å². The average Bonchev–Trinajstić information content (AvgIpc) is 2.58. The molecule has 1 saturated heterocycles. The maximum absolute atomic E-state index is 12.1. The van der Waals surface area contributed by atoms with E-state index in [-0.39, 0.29) is 21.9 Å². The average molecular weight is 351 g/mol. The van der Waals surface area contributed by atoms with Crippen LogP contribution in [0.15, 0.2) is 35.7 Å². The van der Waals surface area contributed by atoms with E-state index in [0.29, 0.717) is 17.0 Å². The van der Waals surface area contributed by atoms with E-state index in [4.69, 9.17) is 5.73 Å². The molecule has 1 aromatic rings. The summed E-state index contributed by atoms with van der Waals surface area (Å²) in [7, 11) is 0. The number of thioether (sulfide) groups is 2.